The van der Waals surface area contributed by atoms with Crippen molar-refractivity contribution in [1.82, 2.24) is 5.32 Å². The minimum absolute atomic E-state index is 0.310. The monoisotopic (exact) mass is 315 g/mol. The third kappa shape index (κ3) is 4.63. The van der Waals surface area contributed by atoms with Crippen LogP contribution in [0.15, 0.2) is 18.2 Å². The molecule has 1 N–H and O–H groups in total. The first-order valence-electron chi connectivity index (χ1n) is 7.49. The first-order chi connectivity index (χ1) is 9.70. The molecule has 4 heteroatoms. The average molecular weight is 316 g/mol. The Morgan fingerprint density at radius 1 is 1.30 bits per heavy atom. The summed E-state index contributed by atoms with van der Waals surface area (Å²) in [7, 11) is 0. The predicted octanol–water partition coefficient (Wildman–Crippen LogP) is 4.47. The van der Waals surface area contributed by atoms with E-state index in [2.05, 4.69) is 18.3 Å². The van der Waals surface area contributed by atoms with Crippen LogP contribution in [0.2, 0.25) is 10.0 Å². The lowest BCUT2D eigenvalue weighted by Gasteiger charge is -2.31. The van der Waals surface area contributed by atoms with Crippen LogP contribution >= 0.6 is 23.2 Å². The molecule has 0 aliphatic carbocycles. The Morgan fingerprint density at radius 3 is 2.80 bits per heavy atom. The topological polar surface area (TPSA) is 21.3 Å². The smallest absolute Gasteiger partial charge is 0.0731 e. The van der Waals surface area contributed by atoms with Gasteiger partial charge in [-0.1, -0.05) is 36.2 Å². The van der Waals surface area contributed by atoms with E-state index in [1.54, 1.807) is 0 Å². The Hall–Kier alpha value is -0.280. The molecular formula is C16H23Cl2NO. The van der Waals surface area contributed by atoms with E-state index < -0.39 is 0 Å². The second kappa shape index (κ2) is 8.23. The molecule has 1 fully saturated rings. The first-order valence-corrected chi connectivity index (χ1v) is 8.25. The quantitative estimate of drug-likeness (QED) is 0.836. The van der Waals surface area contributed by atoms with E-state index in [0.29, 0.717) is 22.2 Å². The van der Waals surface area contributed by atoms with Gasteiger partial charge in [0.05, 0.1) is 16.1 Å². The normalized spacial score (nSPS) is 20.9. The van der Waals surface area contributed by atoms with Crippen LogP contribution in [-0.4, -0.2) is 25.3 Å². The summed E-state index contributed by atoms with van der Waals surface area (Å²) in [6, 6.07) is 6.25. The second-order valence-electron chi connectivity index (χ2n) is 5.42. The van der Waals surface area contributed by atoms with Crippen molar-refractivity contribution < 1.29 is 4.74 Å². The van der Waals surface area contributed by atoms with Crippen molar-refractivity contribution in [2.75, 3.05) is 13.2 Å². The number of benzene rings is 1. The highest BCUT2D eigenvalue weighted by Gasteiger charge is 2.24. The zero-order valence-corrected chi connectivity index (χ0v) is 13.5. The van der Waals surface area contributed by atoms with Crippen LogP contribution in [0, 0.1) is 0 Å². The maximum absolute atomic E-state index is 6.10. The van der Waals surface area contributed by atoms with Crippen LogP contribution in [0.3, 0.4) is 0 Å². The Morgan fingerprint density at radius 2 is 2.15 bits per heavy atom. The zero-order valence-electron chi connectivity index (χ0n) is 12.0. The lowest BCUT2D eigenvalue weighted by atomic mass is 9.96. The van der Waals surface area contributed by atoms with Gasteiger partial charge >= 0.3 is 0 Å². The molecule has 2 nitrogen and oxygen atoms in total. The maximum atomic E-state index is 6.10. The highest BCUT2D eigenvalue weighted by atomic mass is 35.5. The first kappa shape index (κ1) is 16.1. The van der Waals surface area contributed by atoms with E-state index in [-0.39, 0.29) is 0 Å². The molecule has 2 unspecified atom stereocenters. The summed E-state index contributed by atoms with van der Waals surface area (Å²) in [5.74, 6) is 0. The Balaban J connectivity index is 2.03. The third-order valence-electron chi connectivity index (χ3n) is 3.76. The van der Waals surface area contributed by atoms with Gasteiger partial charge in [0.25, 0.3) is 0 Å². The second-order valence-corrected chi connectivity index (χ2v) is 6.23. The van der Waals surface area contributed by atoms with Gasteiger partial charge in [0.1, 0.15) is 0 Å². The van der Waals surface area contributed by atoms with Crippen molar-refractivity contribution in [3.8, 4) is 0 Å². The lowest BCUT2D eigenvalue weighted by Crippen LogP contribution is -2.44. The van der Waals surface area contributed by atoms with Gasteiger partial charge in [0.2, 0.25) is 0 Å². The van der Waals surface area contributed by atoms with E-state index in [1.165, 1.54) is 18.4 Å². The molecule has 1 aromatic carbocycles. The molecule has 2 rings (SSSR count). The fourth-order valence-corrected chi connectivity index (χ4v) is 2.99. The highest BCUT2D eigenvalue weighted by Crippen LogP contribution is 2.25. The number of halogens is 2. The van der Waals surface area contributed by atoms with E-state index >= 15 is 0 Å². The molecule has 0 radical (unpaired) electrons. The molecule has 1 aliphatic rings. The minimum Gasteiger partial charge on any atom is -0.377 e. The number of hydrogen-bond donors (Lipinski definition) is 1. The van der Waals surface area contributed by atoms with Crippen molar-refractivity contribution in [2.24, 2.45) is 0 Å². The molecule has 1 aromatic rings. The summed E-state index contributed by atoms with van der Waals surface area (Å²) in [6.07, 6.45) is 5.96. The molecule has 1 heterocycles. The molecular weight excluding hydrogens is 293 g/mol. The summed E-state index contributed by atoms with van der Waals surface area (Å²) in [4.78, 5) is 0. The van der Waals surface area contributed by atoms with Crippen LogP contribution < -0.4 is 5.32 Å². The van der Waals surface area contributed by atoms with Crippen LogP contribution in [0.25, 0.3) is 0 Å². The number of ether oxygens (including phenoxy) is 1. The fourth-order valence-electron chi connectivity index (χ4n) is 2.67. The van der Waals surface area contributed by atoms with Crippen LogP contribution in [0.1, 0.15) is 38.2 Å². The van der Waals surface area contributed by atoms with Crippen molar-refractivity contribution in [3.63, 3.8) is 0 Å². The summed E-state index contributed by atoms with van der Waals surface area (Å²) < 4.78 is 5.94. The largest absolute Gasteiger partial charge is 0.377 e. The van der Waals surface area contributed by atoms with E-state index in [9.17, 15) is 0 Å². The van der Waals surface area contributed by atoms with Gasteiger partial charge in [-0.05, 0) is 56.3 Å². The standard InChI is InChI=1S/C16H23Cl2NO/c1-2-8-19-15(16-5-3-4-9-20-16)11-12-6-7-13(17)14(18)10-12/h6-7,10,15-16,19H,2-5,8-9,11H2,1H3. The van der Waals surface area contributed by atoms with Crippen molar-refractivity contribution >= 4 is 23.2 Å². The molecule has 0 spiro atoms. The molecule has 20 heavy (non-hydrogen) atoms. The van der Waals surface area contributed by atoms with Gasteiger partial charge in [0, 0.05) is 12.6 Å². The van der Waals surface area contributed by atoms with Gasteiger partial charge in [-0.2, -0.15) is 0 Å². The van der Waals surface area contributed by atoms with E-state index in [4.69, 9.17) is 27.9 Å². The fraction of sp³-hybridized carbons (Fsp3) is 0.625. The van der Waals surface area contributed by atoms with Gasteiger partial charge in [-0.3, -0.25) is 0 Å². The van der Waals surface area contributed by atoms with Gasteiger partial charge in [-0.15, -0.1) is 0 Å². The van der Waals surface area contributed by atoms with Crippen LogP contribution in [0.5, 0.6) is 0 Å². The molecule has 1 saturated heterocycles. The summed E-state index contributed by atoms with van der Waals surface area (Å²) in [6.45, 7) is 4.09. The van der Waals surface area contributed by atoms with E-state index in [1.807, 2.05) is 12.1 Å². The summed E-state index contributed by atoms with van der Waals surface area (Å²) >= 11 is 12.1. The molecule has 0 bridgehead atoms. The van der Waals surface area contributed by atoms with Crippen LogP contribution in [-0.2, 0) is 11.2 Å². The Bertz CT molecular complexity index is 419. The highest BCUT2D eigenvalue weighted by molar-refractivity contribution is 6.42. The Labute approximate surface area is 131 Å². The molecule has 0 saturated carbocycles. The van der Waals surface area contributed by atoms with Crippen molar-refractivity contribution in [3.05, 3.63) is 33.8 Å². The predicted molar refractivity (Wildman–Crippen MR) is 85.8 cm³/mol. The van der Waals surface area contributed by atoms with Gasteiger partial charge in [-0.25, -0.2) is 0 Å². The zero-order chi connectivity index (χ0) is 14.4. The molecule has 2 atom stereocenters. The number of rotatable bonds is 6. The molecule has 1 aliphatic heterocycles. The maximum Gasteiger partial charge on any atom is 0.0731 e. The lowest BCUT2D eigenvalue weighted by molar-refractivity contribution is -0.00737. The van der Waals surface area contributed by atoms with Crippen molar-refractivity contribution in [2.45, 2.75) is 51.2 Å². The van der Waals surface area contributed by atoms with Crippen LogP contribution in [0.4, 0.5) is 0 Å². The molecule has 112 valence electrons. The average Bonchev–Trinajstić information content (AvgIpc) is 2.48. The third-order valence-corrected chi connectivity index (χ3v) is 4.50. The molecule has 0 amide bonds. The van der Waals surface area contributed by atoms with Gasteiger partial charge < -0.3 is 10.1 Å². The van der Waals surface area contributed by atoms with E-state index in [0.717, 1.165) is 32.4 Å². The van der Waals surface area contributed by atoms with Crippen molar-refractivity contribution in [1.29, 1.82) is 0 Å². The van der Waals surface area contributed by atoms with Gasteiger partial charge in [0.15, 0.2) is 0 Å². The molecule has 0 aromatic heterocycles. The summed E-state index contributed by atoms with van der Waals surface area (Å²) in [5, 5.41) is 4.86. The SMILES string of the molecule is CCCNC(Cc1ccc(Cl)c(Cl)c1)C1CCCCO1. The summed E-state index contributed by atoms with van der Waals surface area (Å²) in [5.41, 5.74) is 1.21. The Kier molecular flexibility index (Phi) is 6.63. The number of hydrogen-bond acceptors (Lipinski definition) is 2. The minimum atomic E-state index is 0.310. The number of nitrogens with one attached hydrogen (secondary N) is 1.